The first-order valence-electron chi connectivity index (χ1n) is 11.4. The topological polar surface area (TPSA) is 64.6 Å². The van der Waals surface area contributed by atoms with Crippen molar-refractivity contribution in [3.63, 3.8) is 0 Å². The van der Waals surface area contributed by atoms with Gasteiger partial charge in [0.05, 0.1) is 7.11 Å². The molecule has 5 nitrogen and oxygen atoms in total. The van der Waals surface area contributed by atoms with Crippen LogP contribution in [0.2, 0.25) is 0 Å². The first kappa shape index (κ1) is 23.8. The van der Waals surface area contributed by atoms with Gasteiger partial charge in [0.25, 0.3) is 5.91 Å². The Morgan fingerprint density at radius 1 is 0.743 bits per heavy atom. The Labute approximate surface area is 205 Å². The first-order chi connectivity index (χ1) is 17.1. The van der Waals surface area contributed by atoms with E-state index in [1.807, 2.05) is 97.1 Å². The van der Waals surface area contributed by atoms with E-state index in [1.54, 1.807) is 12.1 Å². The predicted octanol–water partition coefficient (Wildman–Crippen LogP) is 5.45. The van der Waals surface area contributed by atoms with E-state index in [0.29, 0.717) is 17.9 Å². The minimum atomic E-state index is -0.828. The van der Waals surface area contributed by atoms with E-state index < -0.39 is 12.0 Å². The fourth-order valence-electron chi connectivity index (χ4n) is 3.76. The maximum Gasteiger partial charge on any atom is 0.328 e. The van der Waals surface area contributed by atoms with Crippen molar-refractivity contribution in [3.8, 4) is 16.9 Å². The number of amides is 1. The lowest BCUT2D eigenvalue weighted by Gasteiger charge is -2.17. The highest BCUT2D eigenvalue weighted by molar-refractivity contribution is 5.97. The molecule has 0 saturated carbocycles. The van der Waals surface area contributed by atoms with Gasteiger partial charge in [0.15, 0.2) is 0 Å². The van der Waals surface area contributed by atoms with Crippen molar-refractivity contribution >= 4 is 11.9 Å². The molecule has 4 rings (SSSR count). The van der Waals surface area contributed by atoms with E-state index in [1.165, 1.54) is 7.11 Å². The van der Waals surface area contributed by atoms with Crippen molar-refractivity contribution in [2.75, 3.05) is 7.11 Å². The second-order valence-electron chi connectivity index (χ2n) is 8.12. The summed E-state index contributed by atoms with van der Waals surface area (Å²) in [6.45, 7) is 0.445. The molecule has 5 heteroatoms. The average Bonchev–Trinajstić information content (AvgIpc) is 2.92. The summed E-state index contributed by atoms with van der Waals surface area (Å²) in [7, 11) is 1.32. The van der Waals surface area contributed by atoms with Gasteiger partial charge in [0, 0.05) is 12.0 Å². The van der Waals surface area contributed by atoms with Crippen LogP contribution in [0.3, 0.4) is 0 Å². The van der Waals surface area contributed by atoms with Gasteiger partial charge in [-0.25, -0.2) is 4.79 Å². The number of rotatable bonds is 9. The normalized spacial score (nSPS) is 11.3. The highest BCUT2D eigenvalue weighted by Gasteiger charge is 2.23. The van der Waals surface area contributed by atoms with Gasteiger partial charge in [-0.15, -0.1) is 0 Å². The van der Waals surface area contributed by atoms with Crippen molar-refractivity contribution in [3.05, 3.63) is 126 Å². The summed E-state index contributed by atoms with van der Waals surface area (Å²) in [5.41, 5.74) is 4.47. The van der Waals surface area contributed by atoms with Crippen molar-refractivity contribution in [2.24, 2.45) is 0 Å². The van der Waals surface area contributed by atoms with Gasteiger partial charge in [-0.3, -0.25) is 4.79 Å². The Bertz CT molecular complexity index is 1250. The van der Waals surface area contributed by atoms with Crippen LogP contribution in [0, 0.1) is 0 Å². The standard InChI is InChI=1S/C30H27NO4/c1-34-30(33)28(20-23-11-8-14-27(19-23)35-21-22-9-4-2-5-10-22)31-29(32)26-17-15-25(16-18-26)24-12-6-3-7-13-24/h2-19,28H,20-21H2,1H3,(H,31,32)/t28-/m1/s1. The zero-order chi connectivity index (χ0) is 24.5. The van der Waals surface area contributed by atoms with E-state index in [-0.39, 0.29) is 12.3 Å². The zero-order valence-corrected chi connectivity index (χ0v) is 19.5. The highest BCUT2D eigenvalue weighted by atomic mass is 16.5. The lowest BCUT2D eigenvalue weighted by Crippen LogP contribution is -2.43. The van der Waals surface area contributed by atoms with Crippen LogP contribution in [-0.4, -0.2) is 25.0 Å². The summed E-state index contributed by atoms with van der Waals surface area (Å²) < 4.78 is 10.8. The zero-order valence-electron chi connectivity index (χ0n) is 19.5. The summed E-state index contributed by atoms with van der Waals surface area (Å²) in [5.74, 6) is -0.149. The smallest absolute Gasteiger partial charge is 0.328 e. The second-order valence-corrected chi connectivity index (χ2v) is 8.12. The SMILES string of the molecule is COC(=O)[C@@H](Cc1cccc(OCc2ccccc2)c1)NC(=O)c1ccc(-c2ccccc2)cc1. The van der Waals surface area contributed by atoms with E-state index >= 15 is 0 Å². The second kappa shape index (κ2) is 11.7. The number of esters is 1. The van der Waals surface area contributed by atoms with Gasteiger partial charge in [0.2, 0.25) is 0 Å². The van der Waals surface area contributed by atoms with Gasteiger partial charge in [-0.05, 0) is 46.5 Å². The lowest BCUT2D eigenvalue weighted by atomic mass is 10.0. The third-order valence-electron chi connectivity index (χ3n) is 5.63. The van der Waals surface area contributed by atoms with E-state index in [0.717, 1.165) is 22.3 Å². The number of ether oxygens (including phenoxy) is 2. The average molecular weight is 466 g/mol. The minimum absolute atomic E-state index is 0.281. The molecular formula is C30H27NO4. The number of carbonyl (C=O) groups is 2. The highest BCUT2D eigenvalue weighted by Crippen LogP contribution is 2.20. The predicted molar refractivity (Wildman–Crippen MR) is 136 cm³/mol. The Hall–Kier alpha value is -4.38. The van der Waals surface area contributed by atoms with E-state index in [2.05, 4.69) is 5.32 Å². The monoisotopic (exact) mass is 465 g/mol. The molecule has 0 fully saturated rings. The number of hydrogen-bond donors (Lipinski definition) is 1. The number of carbonyl (C=O) groups excluding carboxylic acids is 2. The summed E-state index contributed by atoms with van der Waals surface area (Å²) >= 11 is 0. The Morgan fingerprint density at radius 2 is 1.37 bits per heavy atom. The molecular weight excluding hydrogens is 438 g/mol. The third kappa shape index (κ3) is 6.58. The summed E-state index contributed by atoms with van der Waals surface area (Å²) in [5, 5.41) is 2.81. The Kier molecular flexibility index (Phi) is 7.92. The first-order valence-corrected chi connectivity index (χ1v) is 11.4. The number of methoxy groups -OCH3 is 1. The quantitative estimate of drug-likeness (QED) is 0.334. The van der Waals surface area contributed by atoms with Crippen LogP contribution < -0.4 is 10.1 Å². The third-order valence-corrected chi connectivity index (χ3v) is 5.63. The van der Waals surface area contributed by atoms with Gasteiger partial charge in [-0.1, -0.05) is 84.9 Å². The minimum Gasteiger partial charge on any atom is -0.489 e. The largest absolute Gasteiger partial charge is 0.489 e. The summed E-state index contributed by atoms with van der Waals surface area (Å²) in [6.07, 6.45) is 0.281. The van der Waals surface area contributed by atoms with Gasteiger partial charge < -0.3 is 14.8 Å². The van der Waals surface area contributed by atoms with Gasteiger partial charge in [-0.2, -0.15) is 0 Å². The van der Waals surface area contributed by atoms with Crippen LogP contribution in [0.15, 0.2) is 109 Å². The fourth-order valence-corrected chi connectivity index (χ4v) is 3.76. The maximum atomic E-state index is 12.9. The summed E-state index contributed by atoms with van der Waals surface area (Å²) in [4.78, 5) is 25.3. The van der Waals surface area contributed by atoms with Crippen LogP contribution in [0.1, 0.15) is 21.5 Å². The fraction of sp³-hybridized carbons (Fsp3) is 0.133. The Balaban J connectivity index is 1.42. The maximum absolute atomic E-state index is 12.9. The lowest BCUT2D eigenvalue weighted by molar-refractivity contribution is -0.142. The van der Waals surface area contributed by atoms with Crippen molar-refractivity contribution in [1.82, 2.24) is 5.32 Å². The van der Waals surface area contributed by atoms with Crippen LogP contribution in [0.25, 0.3) is 11.1 Å². The molecule has 0 aliphatic carbocycles. The molecule has 0 unspecified atom stereocenters. The summed E-state index contributed by atoms with van der Waals surface area (Å²) in [6, 6.07) is 33.8. The number of benzene rings is 4. The molecule has 0 saturated heterocycles. The number of hydrogen-bond acceptors (Lipinski definition) is 4. The molecule has 1 N–H and O–H groups in total. The molecule has 0 aromatic heterocycles. The number of nitrogens with one attached hydrogen (secondary N) is 1. The molecule has 176 valence electrons. The van der Waals surface area contributed by atoms with Crippen molar-refractivity contribution < 1.29 is 19.1 Å². The van der Waals surface area contributed by atoms with E-state index in [4.69, 9.17) is 9.47 Å². The van der Waals surface area contributed by atoms with Crippen LogP contribution >= 0.6 is 0 Å². The molecule has 4 aromatic carbocycles. The molecule has 0 radical (unpaired) electrons. The molecule has 1 amide bonds. The van der Waals surface area contributed by atoms with E-state index in [9.17, 15) is 9.59 Å². The molecule has 0 aliphatic heterocycles. The van der Waals surface area contributed by atoms with Gasteiger partial charge >= 0.3 is 5.97 Å². The molecule has 1 atom stereocenters. The van der Waals surface area contributed by atoms with Crippen molar-refractivity contribution in [1.29, 1.82) is 0 Å². The van der Waals surface area contributed by atoms with Crippen LogP contribution in [0.5, 0.6) is 5.75 Å². The van der Waals surface area contributed by atoms with Gasteiger partial charge in [0.1, 0.15) is 18.4 Å². The molecule has 35 heavy (non-hydrogen) atoms. The molecule has 0 bridgehead atoms. The van der Waals surface area contributed by atoms with Crippen molar-refractivity contribution in [2.45, 2.75) is 19.1 Å². The molecule has 0 heterocycles. The molecule has 4 aromatic rings. The van der Waals surface area contributed by atoms with Crippen LogP contribution in [-0.2, 0) is 22.6 Å². The Morgan fingerprint density at radius 3 is 2.06 bits per heavy atom. The molecule has 0 spiro atoms. The molecule has 0 aliphatic rings. The van der Waals surface area contributed by atoms with Crippen LogP contribution in [0.4, 0.5) is 0 Å².